The number of hydrogen-bond acceptors (Lipinski definition) is 2. The Kier molecular flexibility index (Phi) is 3.43. The molecule has 0 fully saturated rings. The third-order valence-electron chi connectivity index (χ3n) is 3.58. The molecule has 17 heavy (non-hydrogen) atoms. The molecule has 0 saturated carbocycles. The van der Waals surface area contributed by atoms with Crippen molar-refractivity contribution < 1.29 is 5.11 Å². The number of hydrogen-bond donors (Lipinski definition) is 1. The lowest BCUT2D eigenvalue weighted by Crippen LogP contribution is -2.15. The fourth-order valence-corrected chi connectivity index (χ4v) is 2.05. The number of aromatic nitrogens is 1. The van der Waals surface area contributed by atoms with Gasteiger partial charge < -0.3 is 5.11 Å². The van der Waals surface area contributed by atoms with Crippen LogP contribution in [0.25, 0.3) is 10.8 Å². The summed E-state index contributed by atoms with van der Waals surface area (Å²) in [6, 6.07) is 7.99. The van der Waals surface area contributed by atoms with Crippen LogP contribution in [0.4, 0.5) is 0 Å². The van der Waals surface area contributed by atoms with E-state index in [2.05, 4.69) is 25.8 Å². The summed E-state index contributed by atoms with van der Waals surface area (Å²) in [7, 11) is 0. The number of fused-ring (bicyclic) bond motifs is 1. The molecule has 0 amide bonds. The first-order valence-electron chi connectivity index (χ1n) is 6.12. The number of benzene rings is 1. The molecular formula is C15H19NO. The van der Waals surface area contributed by atoms with Gasteiger partial charge in [0.25, 0.3) is 0 Å². The second-order valence-corrected chi connectivity index (χ2v) is 4.99. The lowest BCUT2D eigenvalue weighted by atomic mass is 9.86. The van der Waals surface area contributed by atoms with Gasteiger partial charge >= 0.3 is 0 Å². The van der Waals surface area contributed by atoms with Gasteiger partial charge in [-0.05, 0) is 28.9 Å². The minimum absolute atomic E-state index is 0.244. The molecule has 90 valence electrons. The largest absolute Gasteiger partial charge is 0.388 e. The Hall–Kier alpha value is -1.41. The first-order chi connectivity index (χ1) is 8.11. The molecule has 1 aromatic carbocycles. The van der Waals surface area contributed by atoms with E-state index < -0.39 is 6.10 Å². The third kappa shape index (κ3) is 2.32. The SMILES string of the molecule is CC(C)C(C)C(O)c1cccc2cnccc12. The fourth-order valence-electron chi connectivity index (χ4n) is 2.05. The number of aliphatic hydroxyl groups is 1. The molecular weight excluding hydrogens is 210 g/mol. The number of rotatable bonds is 3. The third-order valence-corrected chi connectivity index (χ3v) is 3.58. The van der Waals surface area contributed by atoms with Crippen molar-refractivity contribution >= 4 is 10.8 Å². The molecule has 1 heterocycles. The zero-order valence-corrected chi connectivity index (χ0v) is 10.6. The van der Waals surface area contributed by atoms with Crippen LogP contribution in [-0.2, 0) is 0 Å². The van der Waals surface area contributed by atoms with E-state index >= 15 is 0 Å². The maximum atomic E-state index is 10.4. The van der Waals surface area contributed by atoms with Gasteiger partial charge in [-0.15, -0.1) is 0 Å². The van der Waals surface area contributed by atoms with Crippen molar-refractivity contribution in [3.8, 4) is 0 Å². The van der Waals surface area contributed by atoms with Crippen LogP contribution in [0.3, 0.4) is 0 Å². The van der Waals surface area contributed by atoms with Gasteiger partial charge in [-0.1, -0.05) is 39.0 Å². The highest BCUT2D eigenvalue weighted by molar-refractivity contribution is 5.85. The summed E-state index contributed by atoms with van der Waals surface area (Å²) in [5.74, 6) is 0.704. The molecule has 1 aromatic heterocycles. The standard InChI is InChI=1S/C15H19NO/c1-10(2)11(3)15(17)14-6-4-5-12-9-16-8-7-13(12)14/h4-11,15,17H,1-3H3. The Bertz CT molecular complexity index is 502. The molecule has 2 atom stereocenters. The van der Waals surface area contributed by atoms with Gasteiger partial charge in [-0.3, -0.25) is 4.98 Å². The van der Waals surface area contributed by atoms with Crippen LogP contribution in [0.1, 0.15) is 32.4 Å². The van der Waals surface area contributed by atoms with Gasteiger partial charge in [-0.2, -0.15) is 0 Å². The summed E-state index contributed by atoms with van der Waals surface area (Å²) in [5.41, 5.74) is 1.01. The van der Waals surface area contributed by atoms with Crippen LogP contribution >= 0.6 is 0 Å². The summed E-state index contributed by atoms with van der Waals surface area (Å²) in [4.78, 5) is 4.11. The highest BCUT2D eigenvalue weighted by Gasteiger charge is 2.20. The van der Waals surface area contributed by atoms with Crippen LogP contribution in [0, 0.1) is 11.8 Å². The normalized spacial score (nSPS) is 15.1. The zero-order valence-electron chi connectivity index (χ0n) is 10.6. The molecule has 2 rings (SSSR count). The maximum absolute atomic E-state index is 10.4. The molecule has 0 radical (unpaired) electrons. The molecule has 0 aliphatic carbocycles. The fraction of sp³-hybridized carbons (Fsp3) is 0.400. The van der Waals surface area contributed by atoms with E-state index in [0.717, 1.165) is 16.3 Å². The number of aliphatic hydroxyl groups excluding tert-OH is 1. The summed E-state index contributed by atoms with van der Waals surface area (Å²) < 4.78 is 0. The Balaban J connectivity index is 2.48. The first-order valence-corrected chi connectivity index (χ1v) is 6.12. The molecule has 0 bridgehead atoms. The van der Waals surface area contributed by atoms with Gasteiger partial charge in [0.1, 0.15) is 0 Å². The predicted octanol–water partition coefficient (Wildman–Crippen LogP) is 3.56. The van der Waals surface area contributed by atoms with Crippen molar-refractivity contribution in [1.29, 1.82) is 0 Å². The highest BCUT2D eigenvalue weighted by atomic mass is 16.3. The van der Waals surface area contributed by atoms with Gasteiger partial charge in [0.2, 0.25) is 0 Å². The molecule has 2 heteroatoms. The van der Waals surface area contributed by atoms with E-state index in [-0.39, 0.29) is 5.92 Å². The van der Waals surface area contributed by atoms with E-state index in [1.54, 1.807) is 6.20 Å². The van der Waals surface area contributed by atoms with Crippen LogP contribution in [-0.4, -0.2) is 10.1 Å². The summed E-state index contributed by atoms with van der Waals surface area (Å²) in [6.07, 6.45) is 3.20. The Labute approximate surface area is 102 Å². The molecule has 2 nitrogen and oxygen atoms in total. The topological polar surface area (TPSA) is 33.1 Å². The molecule has 2 unspecified atom stereocenters. The van der Waals surface area contributed by atoms with E-state index in [1.165, 1.54) is 0 Å². The minimum atomic E-state index is -0.416. The summed E-state index contributed by atoms with van der Waals surface area (Å²) in [6.45, 7) is 6.37. The number of pyridine rings is 1. The van der Waals surface area contributed by atoms with E-state index in [4.69, 9.17) is 0 Å². The van der Waals surface area contributed by atoms with Gasteiger partial charge in [-0.25, -0.2) is 0 Å². The predicted molar refractivity (Wildman–Crippen MR) is 70.7 cm³/mol. The lowest BCUT2D eigenvalue weighted by Gasteiger charge is -2.23. The summed E-state index contributed by atoms with van der Waals surface area (Å²) >= 11 is 0. The van der Waals surface area contributed by atoms with E-state index in [1.807, 2.05) is 30.5 Å². The highest BCUT2D eigenvalue weighted by Crippen LogP contribution is 2.31. The molecule has 0 saturated heterocycles. The average molecular weight is 229 g/mol. The van der Waals surface area contributed by atoms with E-state index in [0.29, 0.717) is 5.92 Å². The quantitative estimate of drug-likeness (QED) is 0.873. The second kappa shape index (κ2) is 4.84. The van der Waals surface area contributed by atoms with E-state index in [9.17, 15) is 5.11 Å². The van der Waals surface area contributed by atoms with Crippen molar-refractivity contribution in [2.24, 2.45) is 11.8 Å². The Morgan fingerprint density at radius 1 is 1.12 bits per heavy atom. The molecule has 0 aliphatic heterocycles. The second-order valence-electron chi connectivity index (χ2n) is 4.99. The van der Waals surface area contributed by atoms with Crippen LogP contribution in [0.15, 0.2) is 36.7 Å². The van der Waals surface area contributed by atoms with Gasteiger partial charge in [0.05, 0.1) is 6.10 Å². The van der Waals surface area contributed by atoms with Crippen LogP contribution < -0.4 is 0 Å². The van der Waals surface area contributed by atoms with Gasteiger partial charge in [0, 0.05) is 17.8 Å². The molecule has 0 spiro atoms. The maximum Gasteiger partial charge on any atom is 0.0824 e. The molecule has 1 N–H and O–H groups in total. The zero-order chi connectivity index (χ0) is 12.4. The van der Waals surface area contributed by atoms with Crippen molar-refractivity contribution in [3.63, 3.8) is 0 Å². The van der Waals surface area contributed by atoms with Crippen molar-refractivity contribution in [2.45, 2.75) is 26.9 Å². The van der Waals surface area contributed by atoms with Crippen molar-refractivity contribution in [2.75, 3.05) is 0 Å². The first kappa shape index (κ1) is 12.1. The van der Waals surface area contributed by atoms with Crippen LogP contribution in [0.2, 0.25) is 0 Å². The number of nitrogens with zero attached hydrogens (tertiary/aromatic N) is 1. The lowest BCUT2D eigenvalue weighted by molar-refractivity contribution is 0.0934. The average Bonchev–Trinajstić information content (AvgIpc) is 2.36. The minimum Gasteiger partial charge on any atom is -0.388 e. The monoisotopic (exact) mass is 229 g/mol. The molecule has 0 aliphatic rings. The van der Waals surface area contributed by atoms with Crippen LogP contribution in [0.5, 0.6) is 0 Å². The smallest absolute Gasteiger partial charge is 0.0824 e. The van der Waals surface area contributed by atoms with Gasteiger partial charge in [0.15, 0.2) is 0 Å². The molecule has 2 aromatic rings. The Morgan fingerprint density at radius 3 is 2.59 bits per heavy atom. The summed E-state index contributed by atoms with van der Waals surface area (Å²) in [5, 5.41) is 12.6. The van der Waals surface area contributed by atoms with Crippen molar-refractivity contribution in [1.82, 2.24) is 4.98 Å². The van der Waals surface area contributed by atoms with Crippen molar-refractivity contribution in [3.05, 3.63) is 42.2 Å². The Morgan fingerprint density at radius 2 is 1.88 bits per heavy atom.